The van der Waals surface area contributed by atoms with Crippen molar-refractivity contribution >= 4 is 67.5 Å². The van der Waals surface area contributed by atoms with Gasteiger partial charge >= 0.3 is 23.9 Å². The number of fused-ring (bicyclic) bond motifs is 4. The van der Waals surface area contributed by atoms with E-state index >= 15 is 0 Å². The molecule has 4 aromatic heterocycles. The summed E-state index contributed by atoms with van der Waals surface area (Å²) in [6.45, 7) is 16.1. The lowest BCUT2D eigenvalue weighted by atomic mass is 10.0. The minimum atomic E-state index is -0.539. The van der Waals surface area contributed by atoms with E-state index in [-0.39, 0.29) is 49.4 Å². The van der Waals surface area contributed by atoms with Gasteiger partial charge in [0.15, 0.2) is 0 Å². The number of benzene rings is 8. The molecule has 0 spiro atoms. The Balaban J connectivity index is 0.000000129. The van der Waals surface area contributed by atoms with Gasteiger partial charge in [0.2, 0.25) is 27.2 Å². The third kappa shape index (κ3) is 18.0. The first kappa shape index (κ1) is 74.9. The summed E-state index contributed by atoms with van der Waals surface area (Å²) in [6.07, 6.45) is 10.5. The van der Waals surface area contributed by atoms with E-state index in [1.165, 1.54) is 0 Å². The van der Waals surface area contributed by atoms with Crippen LogP contribution >= 0.6 is 0 Å². The van der Waals surface area contributed by atoms with Crippen LogP contribution in [0.1, 0.15) is 89.4 Å². The molecule has 4 saturated carbocycles. The number of aromatic nitrogens is 4. The molecule has 4 fully saturated rings. The van der Waals surface area contributed by atoms with E-state index in [0.29, 0.717) is 80.6 Å². The second kappa shape index (κ2) is 34.0. The molecule has 0 saturated heterocycles. The number of carbonyl (C=O) groups is 4. The van der Waals surface area contributed by atoms with Crippen molar-refractivity contribution < 1.29 is 57.1 Å². The van der Waals surface area contributed by atoms with Gasteiger partial charge in [-0.05, 0) is 206 Å². The summed E-state index contributed by atoms with van der Waals surface area (Å²) in [5.74, 6) is 0.162. The number of hydrogen-bond acceptors (Lipinski definition) is 16. The molecular weight excluding hydrogens is 1390 g/mol. The quantitative estimate of drug-likeness (QED) is 0.0237. The van der Waals surface area contributed by atoms with Gasteiger partial charge in [0.05, 0.1) is 22.1 Å². The lowest BCUT2D eigenvalue weighted by Crippen LogP contribution is -2.21. The van der Waals surface area contributed by atoms with Crippen LogP contribution in [0.15, 0.2) is 287 Å². The van der Waals surface area contributed by atoms with Crippen LogP contribution in [0.3, 0.4) is 0 Å². The molecule has 0 aliphatic heterocycles. The summed E-state index contributed by atoms with van der Waals surface area (Å²) in [4.78, 5) is 97.2. The first-order chi connectivity index (χ1) is 53.4. The van der Waals surface area contributed by atoms with Gasteiger partial charge in [-0.2, -0.15) is 0 Å². The Kier molecular flexibility index (Phi) is 23.2. The predicted molar refractivity (Wildman–Crippen MR) is 424 cm³/mol. The Morgan fingerprint density at radius 2 is 0.536 bits per heavy atom. The summed E-state index contributed by atoms with van der Waals surface area (Å²) in [7, 11) is 0. The van der Waals surface area contributed by atoms with Crippen LogP contribution in [0, 0.1) is 0 Å². The zero-order valence-corrected chi connectivity index (χ0v) is 60.9. The molecule has 0 N–H and O–H groups in total. The van der Waals surface area contributed by atoms with Crippen LogP contribution in [-0.4, -0.2) is 69.3 Å². The molecule has 20 nitrogen and oxygen atoms in total. The number of rotatable bonds is 24. The van der Waals surface area contributed by atoms with Crippen LogP contribution in [-0.2, 0) is 38.1 Å². The first-order valence-electron chi connectivity index (χ1n) is 36.2. The minimum Gasteiger partial charge on any atom is -0.457 e. The SMILES string of the molecule is C=C(C)C(=O)OCOc1ccc(-c2cc3ccccc3n(C3CC3)c2=O)cc1.C=C(C)C(=O)OCOc1ccc(-c2cc3ccccc3n(C3CC3)c2=O)cc1.C=CC(=O)OCOc1ccc(-c2cc3ccccc3n(C3CC3)c2=O)cc1.C=CC(=O)OCOc1ccc(-c2cc3ccccc3n(C3CC3)c2=O)cc1. The van der Waals surface area contributed by atoms with Crippen LogP contribution in [0.5, 0.6) is 23.0 Å². The smallest absolute Gasteiger partial charge is 0.335 e. The fraction of sp³-hybridized carbons (Fsp3) is 0.200. The fourth-order valence-corrected chi connectivity index (χ4v) is 12.7. The normalized spacial score (nSPS) is 13.3. The third-order valence-corrected chi connectivity index (χ3v) is 18.8. The zero-order chi connectivity index (χ0) is 77.0. The number of nitrogens with zero attached hydrogens (tertiary/aromatic N) is 4. The molecule has 20 heteroatoms. The van der Waals surface area contributed by atoms with Crippen LogP contribution < -0.4 is 41.2 Å². The summed E-state index contributed by atoms with van der Waals surface area (Å²) in [6, 6.07) is 69.7. The molecule has 4 aliphatic carbocycles. The van der Waals surface area contributed by atoms with Crippen molar-refractivity contribution in [3.05, 3.63) is 309 Å². The highest BCUT2D eigenvalue weighted by Gasteiger charge is 2.31. The molecule has 0 bridgehead atoms. The van der Waals surface area contributed by atoms with Crippen molar-refractivity contribution in [1.82, 2.24) is 18.3 Å². The molecule has 0 radical (unpaired) electrons. The maximum atomic E-state index is 13.1. The average molecular weight is 1470 g/mol. The Morgan fingerprint density at radius 3 is 0.736 bits per heavy atom. The van der Waals surface area contributed by atoms with Crippen molar-refractivity contribution in [3.63, 3.8) is 0 Å². The Hall–Kier alpha value is -13.4. The highest BCUT2D eigenvalue weighted by molar-refractivity contribution is 5.90. The topological polar surface area (TPSA) is 230 Å². The number of pyridine rings is 4. The largest absolute Gasteiger partial charge is 0.457 e. The van der Waals surface area contributed by atoms with Crippen molar-refractivity contribution in [1.29, 1.82) is 0 Å². The summed E-state index contributed by atoms with van der Waals surface area (Å²) in [5, 5.41) is 4.21. The maximum Gasteiger partial charge on any atom is 0.335 e. The summed E-state index contributed by atoms with van der Waals surface area (Å²) >= 11 is 0. The van der Waals surface area contributed by atoms with E-state index < -0.39 is 23.9 Å². The van der Waals surface area contributed by atoms with Gasteiger partial charge in [-0.1, -0.05) is 148 Å². The molecule has 12 aromatic rings. The molecular formula is C90H80N4O16. The zero-order valence-electron chi connectivity index (χ0n) is 60.9. The van der Waals surface area contributed by atoms with Crippen molar-refractivity contribution in [2.24, 2.45) is 0 Å². The lowest BCUT2D eigenvalue weighted by molar-refractivity contribution is -0.146. The highest BCUT2D eigenvalue weighted by atomic mass is 16.7. The Labute approximate surface area is 633 Å². The van der Waals surface area contributed by atoms with Crippen LogP contribution in [0.25, 0.3) is 88.1 Å². The van der Waals surface area contributed by atoms with E-state index in [2.05, 4.69) is 26.3 Å². The molecule has 110 heavy (non-hydrogen) atoms. The lowest BCUT2D eigenvalue weighted by Gasteiger charge is -2.13. The predicted octanol–water partition coefficient (Wildman–Crippen LogP) is 17.1. The second-order valence-corrected chi connectivity index (χ2v) is 27.0. The van der Waals surface area contributed by atoms with Crippen molar-refractivity contribution in [3.8, 4) is 67.5 Å². The molecule has 8 aromatic carbocycles. The van der Waals surface area contributed by atoms with Crippen molar-refractivity contribution in [2.45, 2.75) is 89.4 Å². The molecule has 0 unspecified atom stereocenters. The monoisotopic (exact) mass is 1470 g/mol. The van der Waals surface area contributed by atoms with Gasteiger partial charge in [0.25, 0.3) is 22.2 Å². The first-order valence-corrected chi connectivity index (χ1v) is 36.2. The maximum absolute atomic E-state index is 13.1. The summed E-state index contributed by atoms with van der Waals surface area (Å²) < 4.78 is 48.7. The molecule has 4 heterocycles. The molecule has 4 aliphatic rings. The number of hydrogen-bond donors (Lipinski definition) is 0. The number of para-hydroxylation sites is 4. The van der Waals surface area contributed by atoms with Gasteiger partial charge in [-0.3, -0.25) is 19.2 Å². The van der Waals surface area contributed by atoms with E-state index in [1.54, 1.807) is 62.4 Å². The van der Waals surface area contributed by atoms with Gasteiger partial charge < -0.3 is 56.2 Å². The van der Waals surface area contributed by atoms with E-state index in [1.807, 2.05) is 188 Å². The van der Waals surface area contributed by atoms with Gasteiger partial charge in [-0.15, -0.1) is 0 Å². The average Bonchev–Trinajstić information content (AvgIpc) is 1.52. The Morgan fingerprint density at radius 1 is 0.327 bits per heavy atom. The van der Waals surface area contributed by atoms with Gasteiger partial charge in [-0.25, -0.2) is 19.2 Å². The Bertz CT molecular complexity index is 5410. The molecule has 556 valence electrons. The minimum absolute atomic E-state index is 0.0322. The van der Waals surface area contributed by atoms with E-state index in [4.69, 9.17) is 37.9 Å². The molecule has 0 atom stereocenters. The van der Waals surface area contributed by atoms with Gasteiger partial charge in [0, 0.05) is 69.7 Å². The molecule has 0 amide bonds. The number of ether oxygens (including phenoxy) is 8. The second-order valence-electron chi connectivity index (χ2n) is 27.0. The van der Waals surface area contributed by atoms with E-state index in [9.17, 15) is 38.4 Å². The van der Waals surface area contributed by atoms with E-state index in [0.717, 1.165) is 129 Å². The third-order valence-electron chi connectivity index (χ3n) is 18.8. The summed E-state index contributed by atoms with van der Waals surface area (Å²) in [5.41, 5.74) is 10.7. The van der Waals surface area contributed by atoms with Crippen molar-refractivity contribution in [2.75, 3.05) is 27.2 Å². The van der Waals surface area contributed by atoms with Crippen LogP contribution in [0.4, 0.5) is 0 Å². The number of esters is 4. The standard InChI is InChI=1S/2C23H21NO4.2C22H19NO4/c2*1-15(2)23(26)28-14-27-19-11-7-16(8-12-19)20-13-17-5-3-4-6-21(17)24(22(20)25)18-9-10-18;2*1-2-21(24)27-14-26-18-11-7-15(8-12-18)19-13-16-5-3-4-6-20(16)23(22(19)25)17-9-10-17/h2*3-8,11-13,18H,1,9-10,14H2,2H3;2*2-8,11-13,17H,1,9-10,14H2. The molecule has 16 rings (SSSR count). The van der Waals surface area contributed by atoms with Crippen LogP contribution in [0.2, 0.25) is 0 Å². The van der Waals surface area contributed by atoms with Gasteiger partial charge in [0.1, 0.15) is 23.0 Å². The number of carbonyl (C=O) groups excluding carboxylic acids is 4. The fourth-order valence-electron chi connectivity index (χ4n) is 12.7. The highest BCUT2D eigenvalue weighted by Crippen LogP contribution is 2.41.